The predicted molar refractivity (Wildman–Crippen MR) is 83.0 cm³/mol. The Bertz CT molecular complexity index is 691. The predicted octanol–water partition coefficient (Wildman–Crippen LogP) is 2.46. The van der Waals surface area contributed by atoms with E-state index in [1.807, 2.05) is 13.8 Å². The Kier molecular flexibility index (Phi) is 4.98. The van der Waals surface area contributed by atoms with Crippen molar-refractivity contribution in [1.29, 1.82) is 0 Å². The highest BCUT2D eigenvalue weighted by Crippen LogP contribution is 2.17. The van der Waals surface area contributed by atoms with Gasteiger partial charge in [-0.05, 0) is 31.5 Å². The highest BCUT2D eigenvalue weighted by molar-refractivity contribution is 5.97. The summed E-state index contributed by atoms with van der Waals surface area (Å²) in [6.07, 6.45) is 3.35. The molecule has 2 aromatic rings. The van der Waals surface area contributed by atoms with Crippen LogP contribution in [0.4, 0.5) is 0 Å². The molecule has 2 rings (SSSR count). The first kappa shape index (κ1) is 15.1. The van der Waals surface area contributed by atoms with Gasteiger partial charge in [-0.1, -0.05) is 13.3 Å². The molecule has 1 aromatic carbocycles. The van der Waals surface area contributed by atoms with Crippen LogP contribution < -0.4 is 15.5 Å². The number of nitrogens with one attached hydrogen (secondary N) is 2. The zero-order chi connectivity index (χ0) is 15.2. The molecule has 0 radical (unpaired) electrons. The van der Waals surface area contributed by atoms with E-state index in [0.717, 1.165) is 12.8 Å². The van der Waals surface area contributed by atoms with Crippen LogP contribution in [0.15, 0.2) is 29.2 Å². The van der Waals surface area contributed by atoms with Crippen LogP contribution in [0.2, 0.25) is 0 Å². The van der Waals surface area contributed by atoms with Crippen LogP contribution >= 0.6 is 0 Å². The van der Waals surface area contributed by atoms with E-state index in [0.29, 0.717) is 29.8 Å². The van der Waals surface area contributed by atoms with Gasteiger partial charge in [0.15, 0.2) is 0 Å². The van der Waals surface area contributed by atoms with Crippen molar-refractivity contribution in [1.82, 2.24) is 10.3 Å². The number of carbonyl (C=O) groups excluding carboxylic acids is 1. The maximum absolute atomic E-state index is 12.4. The molecule has 5 heteroatoms. The maximum Gasteiger partial charge on any atom is 0.256 e. The number of amides is 1. The first-order chi connectivity index (χ1) is 10.2. The second kappa shape index (κ2) is 6.92. The first-order valence-electron chi connectivity index (χ1n) is 7.23. The standard InChI is InChI=1S/C16H20N2O3/c1-3-5-8-17-16(20)13-10-18-14-7-6-11(21-4-2)9-12(14)15(13)19/h6-7,9-10H,3-5,8H2,1-2H3,(H,17,20)(H,18,19). The summed E-state index contributed by atoms with van der Waals surface area (Å²) in [7, 11) is 0. The minimum atomic E-state index is -0.339. The number of unbranched alkanes of at least 4 members (excludes halogenated alkanes) is 1. The monoisotopic (exact) mass is 288 g/mol. The molecule has 0 atom stereocenters. The number of rotatable bonds is 6. The number of ether oxygens (including phenoxy) is 1. The Morgan fingerprint density at radius 2 is 2.14 bits per heavy atom. The molecule has 1 aromatic heterocycles. The molecule has 0 aliphatic heterocycles. The van der Waals surface area contributed by atoms with Gasteiger partial charge in [-0.25, -0.2) is 0 Å². The van der Waals surface area contributed by atoms with Crippen molar-refractivity contribution in [2.45, 2.75) is 26.7 Å². The molecule has 0 saturated carbocycles. The Labute approximate surface area is 123 Å². The van der Waals surface area contributed by atoms with Gasteiger partial charge in [0.2, 0.25) is 5.43 Å². The number of aromatic nitrogens is 1. The van der Waals surface area contributed by atoms with E-state index < -0.39 is 0 Å². The number of benzene rings is 1. The Hall–Kier alpha value is -2.30. The number of aromatic amines is 1. The molecule has 0 unspecified atom stereocenters. The maximum atomic E-state index is 12.4. The molecule has 1 heterocycles. The summed E-state index contributed by atoms with van der Waals surface area (Å²) < 4.78 is 5.40. The third kappa shape index (κ3) is 3.42. The van der Waals surface area contributed by atoms with Gasteiger partial charge in [0, 0.05) is 23.6 Å². The number of H-pyrrole nitrogens is 1. The first-order valence-corrected chi connectivity index (χ1v) is 7.23. The molecule has 1 amide bonds. The average molecular weight is 288 g/mol. The highest BCUT2D eigenvalue weighted by Gasteiger charge is 2.12. The molecule has 112 valence electrons. The lowest BCUT2D eigenvalue weighted by molar-refractivity contribution is 0.0952. The summed E-state index contributed by atoms with van der Waals surface area (Å²) in [6.45, 7) is 5.03. The molecule has 0 aliphatic rings. The van der Waals surface area contributed by atoms with Crippen molar-refractivity contribution in [3.8, 4) is 5.75 Å². The van der Waals surface area contributed by atoms with Gasteiger partial charge in [-0.2, -0.15) is 0 Å². The van der Waals surface area contributed by atoms with Gasteiger partial charge in [-0.3, -0.25) is 9.59 Å². The van der Waals surface area contributed by atoms with E-state index in [9.17, 15) is 9.59 Å². The SMILES string of the molecule is CCCCNC(=O)c1c[nH]c2ccc(OCC)cc2c1=O. The van der Waals surface area contributed by atoms with Crippen LogP contribution in [-0.2, 0) is 0 Å². The van der Waals surface area contributed by atoms with E-state index in [-0.39, 0.29) is 16.9 Å². The van der Waals surface area contributed by atoms with E-state index in [4.69, 9.17) is 4.74 Å². The van der Waals surface area contributed by atoms with Crippen LogP contribution in [0, 0.1) is 0 Å². The zero-order valence-electron chi connectivity index (χ0n) is 12.4. The van der Waals surface area contributed by atoms with Gasteiger partial charge in [-0.15, -0.1) is 0 Å². The van der Waals surface area contributed by atoms with Gasteiger partial charge >= 0.3 is 0 Å². The fourth-order valence-corrected chi connectivity index (χ4v) is 2.10. The fraction of sp³-hybridized carbons (Fsp3) is 0.375. The van der Waals surface area contributed by atoms with Crippen molar-refractivity contribution < 1.29 is 9.53 Å². The van der Waals surface area contributed by atoms with E-state index in [1.165, 1.54) is 6.20 Å². The molecule has 5 nitrogen and oxygen atoms in total. The minimum Gasteiger partial charge on any atom is -0.494 e. The number of pyridine rings is 1. The lowest BCUT2D eigenvalue weighted by atomic mass is 10.1. The zero-order valence-corrected chi connectivity index (χ0v) is 12.4. The Morgan fingerprint density at radius 1 is 1.33 bits per heavy atom. The fourth-order valence-electron chi connectivity index (χ4n) is 2.10. The summed E-state index contributed by atoms with van der Waals surface area (Å²) >= 11 is 0. The molecule has 0 saturated heterocycles. The summed E-state index contributed by atoms with van der Waals surface area (Å²) in [5.41, 5.74) is 0.542. The second-order valence-corrected chi connectivity index (χ2v) is 4.78. The molecule has 0 aliphatic carbocycles. The number of hydrogen-bond acceptors (Lipinski definition) is 3. The summed E-state index contributed by atoms with van der Waals surface area (Å²) in [6, 6.07) is 5.24. The lowest BCUT2D eigenvalue weighted by Crippen LogP contribution is -2.29. The van der Waals surface area contributed by atoms with Gasteiger partial charge in [0.25, 0.3) is 5.91 Å². The van der Waals surface area contributed by atoms with Crippen molar-refractivity contribution in [2.75, 3.05) is 13.2 Å². The quantitative estimate of drug-likeness (QED) is 0.802. The molecule has 2 N–H and O–H groups in total. The topological polar surface area (TPSA) is 71.2 Å². The minimum absolute atomic E-state index is 0.132. The summed E-state index contributed by atoms with van der Waals surface area (Å²) in [5.74, 6) is 0.285. The third-order valence-corrected chi connectivity index (χ3v) is 3.22. The molecule has 0 spiro atoms. The van der Waals surface area contributed by atoms with Gasteiger partial charge < -0.3 is 15.0 Å². The molecular weight excluding hydrogens is 268 g/mol. The number of hydrogen-bond donors (Lipinski definition) is 2. The molecular formula is C16H20N2O3. The second-order valence-electron chi connectivity index (χ2n) is 4.78. The molecule has 0 bridgehead atoms. The van der Waals surface area contributed by atoms with Gasteiger partial charge in [0.1, 0.15) is 11.3 Å². The van der Waals surface area contributed by atoms with Crippen LogP contribution in [0.1, 0.15) is 37.0 Å². The van der Waals surface area contributed by atoms with Crippen molar-refractivity contribution in [3.63, 3.8) is 0 Å². The summed E-state index contributed by atoms with van der Waals surface area (Å²) in [4.78, 5) is 27.4. The molecule has 21 heavy (non-hydrogen) atoms. The van der Waals surface area contributed by atoms with Crippen molar-refractivity contribution in [3.05, 3.63) is 40.2 Å². The van der Waals surface area contributed by atoms with Crippen molar-refractivity contribution >= 4 is 16.8 Å². The Morgan fingerprint density at radius 3 is 2.86 bits per heavy atom. The smallest absolute Gasteiger partial charge is 0.256 e. The number of carbonyl (C=O) groups is 1. The third-order valence-electron chi connectivity index (χ3n) is 3.22. The summed E-state index contributed by atoms with van der Waals surface area (Å²) in [5, 5.41) is 3.22. The van der Waals surface area contributed by atoms with Gasteiger partial charge in [0.05, 0.1) is 6.61 Å². The largest absolute Gasteiger partial charge is 0.494 e. The van der Waals surface area contributed by atoms with E-state index in [1.54, 1.807) is 18.2 Å². The van der Waals surface area contributed by atoms with E-state index in [2.05, 4.69) is 10.3 Å². The Balaban J connectivity index is 2.35. The van der Waals surface area contributed by atoms with Crippen LogP contribution in [0.3, 0.4) is 0 Å². The normalized spacial score (nSPS) is 10.6. The number of fused-ring (bicyclic) bond motifs is 1. The average Bonchev–Trinajstić information content (AvgIpc) is 2.48. The van der Waals surface area contributed by atoms with E-state index >= 15 is 0 Å². The highest BCUT2D eigenvalue weighted by atomic mass is 16.5. The van der Waals surface area contributed by atoms with Crippen molar-refractivity contribution in [2.24, 2.45) is 0 Å². The van der Waals surface area contributed by atoms with Crippen LogP contribution in [0.25, 0.3) is 10.9 Å². The van der Waals surface area contributed by atoms with Crippen LogP contribution in [-0.4, -0.2) is 24.0 Å². The molecule has 0 fully saturated rings. The lowest BCUT2D eigenvalue weighted by Gasteiger charge is -2.07. The van der Waals surface area contributed by atoms with Crippen LogP contribution in [0.5, 0.6) is 5.75 Å².